The number of aromatic nitrogens is 2. The molecule has 0 saturated heterocycles. The molecule has 1 aliphatic carbocycles. The first kappa shape index (κ1) is 19.4. The van der Waals surface area contributed by atoms with Crippen molar-refractivity contribution in [2.24, 2.45) is 0 Å². The van der Waals surface area contributed by atoms with Crippen LogP contribution >= 0.6 is 0 Å². The van der Waals surface area contributed by atoms with Crippen molar-refractivity contribution in [3.63, 3.8) is 0 Å². The molecule has 1 aromatic heterocycles. The van der Waals surface area contributed by atoms with Crippen molar-refractivity contribution < 1.29 is 22.4 Å². The van der Waals surface area contributed by atoms with Gasteiger partial charge in [-0.1, -0.05) is 19.3 Å². The molecule has 2 N–H and O–H groups in total. The number of nitrogens with one attached hydrogen (secondary N) is 2. The van der Waals surface area contributed by atoms with E-state index in [1.807, 2.05) is 0 Å². The molecular weight excluding hydrogens is 386 g/mol. The molecule has 1 aliphatic rings. The Morgan fingerprint density at radius 3 is 2.52 bits per heavy atom. The molecule has 4 nitrogen and oxygen atoms in total. The normalized spacial score (nSPS) is 15.6. The molecule has 1 saturated carbocycles. The Hall–Kier alpha value is -2.90. The second-order valence-electron chi connectivity index (χ2n) is 7.34. The van der Waals surface area contributed by atoms with E-state index < -0.39 is 29.0 Å². The van der Waals surface area contributed by atoms with Gasteiger partial charge in [-0.3, -0.25) is 4.79 Å². The number of nitrogens with zero attached hydrogens (tertiary/aromatic N) is 1. The molecule has 3 aromatic rings. The number of alkyl halides is 3. The average molecular weight is 405 g/mol. The standard InChI is InChI=1S/C21H19F4N3O/c22-16-10-13(21(23,24)25)6-8-15(16)20(29)26-14-7-9-17-18(11-14)28-19(27-17)12-4-2-1-3-5-12/h6-12H,1-5H2,(H,26,29)(H,27,28). The molecule has 0 atom stereocenters. The third-order valence-electron chi connectivity index (χ3n) is 5.29. The lowest BCUT2D eigenvalue weighted by Gasteiger charge is -2.18. The number of carbonyl (C=O) groups is 1. The Bertz CT molecular complexity index is 1050. The van der Waals surface area contributed by atoms with Gasteiger partial charge in [-0.25, -0.2) is 9.37 Å². The molecule has 4 rings (SSSR count). The zero-order valence-electron chi connectivity index (χ0n) is 15.4. The summed E-state index contributed by atoms with van der Waals surface area (Å²) in [5.74, 6) is -0.713. The number of rotatable bonds is 3. The fourth-order valence-electron chi connectivity index (χ4n) is 3.75. The fourth-order valence-corrected chi connectivity index (χ4v) is 3.75. The van der Waals surface area contributed by atoms with Gasteiger partial charge in [0.1, 0.15) is 11.6 Å². The molecule has 8 heteroatoms. The van der Waals surface area contributed by atoms with E-state index in [-0.39, 0.29) is 0 Å². The summed E-state index contributed by atoms with van der Waals surface area (Å²) in [5, 5.41) is 2.53. The van der Waals surface area contributed by atoms with Crippen molar-refractivity contribution in [1.29, 1.82) is 0 Å². The summed E-state index contributed by atoms with van der Waals surface area (Å²) in [4.78, 5) is 20.2. The highest BCUT2D eigenvalue weighted by Gasteiger charge is 2.31. The highest BCUT2D eigenvalue weighted by molar-refractivity contribution is 6.05. The average Bonchev–Trinajstić information content (AvgIpc) is 3.11. The van der Waals surface area contributed by atoms with Gasteiger partial charge in [0, 0.05) is 11.6 Å². The molecule has 0 radical (unpaired) electrons. The van der Waals surface area contributed by atoms with Crippen molar-refractivity contribution >= 4 is 22.6 Å². The number of anilines is 1. The van der Waals surface area contributed by atoms with Crippen LogP contribution in [0.25, 0.3) is 11.0 Å². The first-order valence-corrected chi connectivity index (χ1v) is 9.49. The number of benzene rings is 2. The molecule has 0 aliphatic heterocycles. The maximum atomic E-state index is 14.0. The first-order chi connectivity index (χ1) is 13.8. The van der Waals surface area contributed by atoms with E-state index in [1.54, 1.807) is 18.2 Å². The Kier molecular flexibility index (Phi) is 5.02. The Morgan fingerprint density at radius 1 is 1.07 bits per heavy atom. The van der Waals surface area contributed by atoms with Gasteiger partial charge < -0.3 is 10.3 Å². The van der Waals surface area contributed by atoms with E-state index in [0.29, 0.717) is 23.7 Å². The SMILES string of the molecule is O=C(Nc1ccc2nc(C3CCCCC3)[nH]c2c1)c1ccc(C(F)(F)F)cc1F. The molecule has 1 amide bonds. The lowest BCUT2D eigenvalue weighted by molar-refractivity contribution is -0.137. The third kappa shape index (κ3) is 4.11. The van der Waals surface area contributed by atoms with Crippen LogP contribution in [0.3, 0.4) is 0 Å². The van der Waals surface area contributed by atoms with Crippen LogP contribution < -0.4 is 5.32 Å². The molecular formula is C21H19F4N3O. The van der Waals surface area contributed by atoms with E-state index >= 15 is 0 Å². The van der Waals surface area contributed by atoms with Crippen LogP contribution in [0, 0.1) is 5.82 Å². The van der Waals surface area contributed by atoms with E-state index in [4.69, 9.17) is 0 Å². The van der Waals surface area contributed by atoms with Crippen molar-refractivity contribution in [3.8, 4) is 0 Å². The number of halogens is 4. The number of amides is 1. The molecule has 152 valence electrons. The summed E-state index contributed by atoms with van der Waals surface area (Å²) >= 11 is 0. The summed E-state index contributed by atoms with van der Waals surface area (Å²) in [6, 6.07) is 6.92. The van der Waals surface area contributed by atoms with Gasteiger partial charge >= 0.3 is 6.18 Å². The quantitative estimate of drug-likeness (QED) is 0.524. The second-order valence-corrected chi connectivity index (χ2v) is 7.34. The van der Waals surface area contributed by atoms with E-state index in [2.05, 4.69) is 15.3 Å². The van der Waals surface area contributed by atoms with Gasteiger partial charge in [0.05, 0.1) is 22.2 Å². The minimum atomic E-state index is -4.67. The second kappa shape index (κ2) is 7.50. The Balaban J connectivity index is 1.53. The van der Waals surface area contributed by atoms with Gasteiger partial charge in [0.25, 0.3) is 5.91 Å². The minimum Gasteiger partial charge on any atom is -0.342 e. The molecule has 0 spiro atoms. The molecule has 29 heavy (non-hydrogen) atoms. The number of hydrogen-bond acceptors (Lipinski definition) is 2. The summed E-state index contributed by atoms with van der Waals surface area (Å²) < 4.78 is 52.0. The van der Waals surface area contributed by atoms with Gasteiger partial charge in [0.2, 0.25) is 0 Å². The number of fused-ring (bicyclic) bond motifs is 1. The minimum absolute atomic E-state index is 0.323. The molecule has 1 fully saturated rings. The maximum Gasteiger partial charge on any atom is 0.416 e. The summed E-state index contributed by atoms with van der Waals surface area (Å²) in [5.41, 5.74) is 0.326. The van der Waals surface area contributed by atoms with Gasteiger partial charge in [0.15, 0.2) is 0 Å². The van der Waals surface area contributed by atoms with Crippen LogP contribution in [-0.2, 0) is 6.18 Å². The summed E-state index contributed by atoms with van der Waals surface area (Å²) in [7, 11) is 0. The van der Waals surface area contributed by atoms with Gasteiger partial charge in [-0.05, 0) is 49.2 Å². The Labute approximate surface area is 164 Å². The van der Waals surface area contributed by atoms with Crippen LogP contribution in [0.2, 0.25) is 0 Å². The predicted molar refractivity (Wildman–Crippen MR) is 101 cm³/mol. The number of hydrogen-bond donors (Lipinski definition) is 2. The van der Waals surface area contributed by atoms with Crippen LogP contribution in [0.15, 0.2) is 36.4 Å². The van der Waals surface area contributed by atoms with E-state index in [9.17, 15) is 22.4 Å². The molecule has 0 unspecified atom stereocenters. The largest absolute Gasteiger partial charge is 0.416 e. The molecule has 0 bridgehead atoms. The summed E-state index contributed by atoms with van der Waals surface area (Å²) in [6.45, 7) is 0. The molecule has 1 heterocycles. The van der Waals surface area contributed by atoms with Gasteiger partial charge in [-0.15, -0.1) is 0 Å². The van der Waals surface area contributed by atoms with Crippen molar-refractivity contribution in [3.05, 3.63) is 59.2 Å². The van der Waals surface area contributed by atoms with Crippen molar-refractivity contribution in [2.45, 2.75) is 44.2 Å². The van der Waals surface area contributed by atoms with Crippen LogP contribution in [0.4, 0.5) is 23.2 Å². The number of carbonyl (C=O) groups excluding carboxylic acids is 1. The highest BCUT2D eigenvalue weighted by Crippen LogP contribution is 2.33. The number of aromatic amines is 1. The monoisotopic (exact) mass is 405 g/mol. The van der Waals surface area contributed by atoms with Gasteiger partial charge in [-0.2, -0.15) is 13.2 Å². The lowest BCUT2D eigenvalue weighted by atomic mass is 9.89. The summed E-state index contributed by atoms with van der Waals surface area (Å²) in [6.07, 6.45) is 1.13. The zero-order valence-corrected chi connectivity index (χ0v) is 15.4. The Morgan fingerprint density at radius 2 is 1.83 bits per heavy atom. The maximum absolute atomic E-state index is 14.0. The van der Waals surface area contributed by atoms with E-state index in [1.165, 1.54) is 19.3 Å². The van der Waals surface area contributed by atoms with Crippen LogP contribution in [0.1, 0.15) is 59.8 Å². The van der Waals surface area contributed by atoms with Crippen LogP contribution in [-0.4, -0.2) is 15.9 Å². The number of H-pyrrole nitrogens is 1. The first-order valence-electron chi connectivity index (χ1n) is 9.49. The predicted octanol–water partition coefficient (Wildman–Crippen LogP) is 6.02. The zero-order chi connectivity index (χ0) is 20.6. The number of imidazole rings is 1. The van der Waals surface area contributed by atoms with E-state index in [0.717, 1.165) is 35.8 Å². The van der Waals surface area contributed by atoms with Crippen molar-refractivity contribution in [1.82, 2.24) is 9.97 Å². The van der Waals surface area contributed by atoms with Crippen molar-refractivity contribution in [2.75, 3.05) is 5.32 Å². The van der Waals surface area contributed by atoms with Crippen LogP contribution in [0.5, 0.6) is 0 Å². The fraction of sp³-hybridized carbons (Fsp3) is 0.333. The lowest BCUT2D eigenvalue weighted by Crippen LogP contribution is -2.15. The topological polar surface area (TPSA) is 57.8 Å². The highest BCUT2D eigenvalue weighted by atomic mass is 19.4. The smallest absolute Gasteiger partial charge is 0.342 e. The molecule has 2 aromatic carbocycles. The third-order valence-corrected chi connectivity index (χ3v) is 5.29.